The molecule has 2 aliphatic rings. The standard InChI is InChI=1S/C10H15.C8H8NP.5CO.W/c1-6-7(2)9(4)10(5)8(6)3;1-6-2-4-7(5-3-6)8-9-10-8;5*1-2;/h1-5H3;2-5,10H,1H3;;;;;;. The number of rotatable bonds is 1. The van der Waals surface area contributed by atoms with Crippen LogP contribution in [0.15, 0.2) is 51.3 Å². The van der Waals surface area contributed by atoms with Gasteiger partial charge in [-0.05, 0) is 45.8 Å². The summed E-state index contributed by atoms with van der Waals surface area (Å²) in [5.74, 6) is 1.47. The van der Waals surface area contributed by atoms with Crippen molar-refractivity contribution in [1.82, 2.24) is 0 Å². The van der Waals surface area contributed by atoms with E-state index in [4.69, 9.17) is 23.3 Å². The summed E-state index contributed by atoms with van der Waals surface area (Å²) in [6, 6.07) is 8.52. The largest absolute Gasteiger partial charge is 0 e. The van der Waals surface area contributed by atoms with Crippen LogP contribution >= 0.6 is 8.73 Å². The fourth-order valence-electron chi connectivity index (χ4n) is 2.27. The van der Waals surface area contributed by atoms with Gasteiger partial charge in [0.1, 0.15) is 0 Å². The zero-order valence-corrected chi connectivity index (χ0v) is 22.1. The molecular weight excluding hydrogens is 585 g/mol. The van der Waals surface area contributed by atoms with Gasteiger partial charge in [-0.3, -0.25) is 4.76 Å². The normalized spacial score (nSPS) is 12.7. The summed E-state index contributed by atoms with van der Waals surface area (Å²) < 4.78 is 41.6. The molecule has 1 atom stereocenters. The summed E-state index contributed by atoms with van der Waals surface area (Å²) in [7, 11) is 0.740. The molecule has 3 rings (SSSR count). The molecule has 6 nitrogen and oxygen atoms in total. The van der Waals surface area contributed by atoms with Crippen molar-refractivity contribution in [2.45, 2.75) is 41.5 Å². The van der Waals surface area contributed by atoms with Crippen LogP contribution in [0.4, 0.5) is 0 Å². The van der Waals surface area contributed by atoms with Crippen LogP contribution in [0.2, 0.25) is 0 Å². The topological polar surface area (TPSA) is 112 Å². The molecule has 0 N–H and O–H groups in total. The third-order valence-corrected chi connectivity index (χ3v) is 5.10. The molecule has 0 amide bonds. The fraction of sp³-hybridized carbons (Fsp3) is 0.261. The summed E-state index contributed by atoms with van der Waals surface area (Å²) in [6.45, 7) is 35.6. The molecule has 8 heteroatoms. The molecule has 1 heterocycles. The molecule has 31 heavy (non-hydrogen) atoms. The number of nitrogens with zero attached hydrogens (tertiary/aromatic N) is 1. The predicted molar refractivity (Wildman–Crippen MR) is 111 cm³/mol. The Morgan fingerprint density at radius 2 is 0.871 bits per heavy atom. The second-order valence-electron chi connectivity index (χ2n) is 5.56. The Morgan fingerprint density at radius 1 is 0.581 bits per heavy atom. The average Bonchev–Trinajstić information content (AvgIpc) is 3.67. The molecule has 1 unspecified atom stereocenters. The van der Waals surface area contributed by atoms with Gasteiger partial charge in [-0.1, -0.05) is 47.9 Å². The first-order chi connectivity index (χ1) is 14.4. The minimum absolute atomic E-state index is 0. The zero-order valence-electron chi connectivity index (χ0n) is 18.2. The van der Waals surface area contributed by atoms with Gasteiger partial charge < -0.3 is 0 Å². The van der Waals surface area contributed by atoms with E-state index in [2.05, 4.69) is 104 Å². The summed E-state index contributed by atoms with van der Waals surface area (Å²) in [6.07, 6.45) is 0. The van der Waals surface area contributed by atoms with Crippen LogP contribution in [0.3, 0.4) is 0 Å². The second-order valence-corrected chi connectivity index (χ2v) is 6.48. The van der Waals surface area contributed by atoms with Gasteiger partial charge in [0.05, 0.1) is 14.2 Å². The molecule has 1 radical (unpaired) electrons. The van der Waals surface area contributed by atoms with E-state index in [0.717, 1.165) is 8.73 Å². The Morgan fingerprint density at radius 3 is 1.06 bits per heavy atom. The van der Waals surface area contributed by atoms with E-state index in [0.29, 0.717) is 0 Å². The first-order valence-electron chi connectivity index (χ1n) is 8.04. The van der Waals surface area contributed by atoms with Crippen molar-refractivity contribution in [2.75, 3.05) is 0 Å². The van der Waals surface area contributed by atoms with Gasteiger partial charge >= 0.3 is 56.5 Å². The van der Waals surface area contributed by atoms with Gasteiger partial charge in [0.15, 0.2) is 0 Å². The van der Waals surface area contributed by atoms with Crippen molar-refractivity contribution >= 4 is 14.2 Å². The third-order valence-electron chi connectivity index (χ3n) is 4.36. The van der Waals surface area contributed by atoms with Crippen LogP contribution in [0, 0.1) is 46.1 Å². The van der Waals surface area contributed by atoms with Crippen molar-refractivity contribution in [2.24, 2.45) is 4.76 Å². The molecule has 161 valence electrons. The van der Waals surface area contributed by atoms with Gasteiger partial charge in [0.2, 0.25) is 0 Å². The first kappa shape index (κ1) is 39.6. The molecule has 0 fully saturated rings. The Kier molecular flexibility index (Phi) is 33.5. The van der Waals surface area contributed by atoms with E-state index in [1.165, 1.54) is 44.8 Å². The maximum Gasteiger partial charge on any atom is 0 e. The van der Waals surface area contributed by atoms with Crippen LogP contribution in [-0.4, -0.2) is 5.45 Å². The van der Waals surface area contributed by atoms with E-state index in [1.54, 1.807) is 0 Å². The van der Waals surface area contributed by atoms with Crippen molar-refractivity contribution < 1.29 is 44.3 Å². The maximum atomic E-state index is 7.50. The summed E-state index contributed by atoms with van der Waals surface area (Å²) >= 11 is 0. The number of allylic oxidation sites excluding steroid dienone is 4. The van der Waals surface area contributed by atoms with Crippen molar-refractivity contribution in [3.05, 3.63) is 96.9 Å². The van der Waals surface area contributed by atoms with Gasteiger partial charge in [-0.15, -0.1) is 0 Å². The Hall–Kier alpha value is -1.81. The van der Waals surface area contributed by atoms with E-state index < -0.39 is 0 Å². The van der Waals surface area contributed by atoms with Crippen LogP contribution in [0.25, 0.3) is 0 Å². The van der Waals surface area contributed by atoms with Gasteiger partial charge in [-0.2, -0.15) is 0 Å². The van der Waals surface area contributed by atoms with E-state index in [-0.39, 0.29) is 21.1 Å². The summed E-state index contributed by atoms with van der Waals surface area (Å²) in [5, 5.41) is 0. The minimum atomic E-state index is 0. The smallest absolute Gasteiger partial charge is 0 e. The molecule has 1 aromatic carbocycles. The Balaban J connectivity index is -0.000000102. The van der Waals surface area contributed by atoms with Gasteiger partial charge in [0.25, 0.3) is 0 Å². The second kappa shape index (κ2) is 26.2. The third kappa shape index (κ3) is 15.6. The molecule has 0 aromatic heterocycles. The average molecular weight is 608 g/mol. The first-order valence-corrected chi connectivity index (χ1v) is 8.99. The summed E-state index contributed by atoms with van der Waals surface area (Å²) in [4.78, 5) is 0. The molecular formula is C23H23NO5PW. The molecule has 1 aliphatic carbocycles. The van der Waals surface area contributed by atoms with Gasteiger partial charge in [0, 0.05) is 32.5 Å². The SMILES string of the molecule is C[C]1C(C)=C(C)C(C)=C1C.Cc1ccc(C2=NP2)cc1.[C-]#[O+].[C-]#[O+].[C-]#[O+].[C-]#[O+].[C-]#[O+].[W]. The van der Waals surface area contributed by atoms with Crippen LogP contribution in [0.1, 0.15) is 45.7 Å². The summed E-state index contributed by atoms with van der Waals surface area (Å²) in [5.41, 5.74) is 9.76. The number of aryl methyl sites for hydroxylation is 1. The zero-order chi connectivity index (χ0) is 24.9. The molecule has 0 spiro atoms. The minimum Gasteiger partial charge on any atom is 0 e. The van der Waals surface area contributed by atoms with Gasteiger partial charge in [-0.25, -0.2) is 0 Å². The molecule has 1 aromatic rings. The number of hydrogen-bond donors (Lipinski definition) is 0. The van der Waals surface area contributed by atoms with Crippen molar-refractivity contribution in [3.63, 3.8) is 0 Å². The molecule has 0 saturated heterocycles. The van der Waals surface area contributed by atoms with Crippen molar-refractivity contribution in [3.8, 4) is 0 Å². The van der Waals surface area contributed by atoms with Crippen LogP contribution in [0.5, 0.6) is 0 Å². The van der Waals surface area contributed by atoms with Crippen LogP contribution < -0.4 is 0 Å². The fourth-order valence-corrected chi connectivity index (χ4v) is 2.76. The van der Waals surface area contributed by atoms with E-state index in [1.807, 2.05) is 0 Å². The quantitative estimate of drug-likeness (QED) is 0.230. The van der Waals surface area contributed by atoms with Crippen LogP contribution in [-0.2, 0) is 44.3 Å². The number of benzene rings is 1. The maximum absolute atomic E-state index is 7.50. The Labute approximate surface area is 201 Å². The molecule has 0 bridgehead atoms. The van der Waals surface area contributed by atoms with Crippen molar-refractivity contribution in [1.29, 1.82) is 0 Å². The monoisotopic (exact) mass is 608 g/mol. The Bertz CT molecular complexity index is 769. The predicted octanol–water partition coefficient (Wildman–Crippen LogP) is 5.43. The number of hydrogen-bond acceptors (Lipinski definition) is 1. The van der Waals surface area contributed by atoms with E-state index >= 15 is 0 Å². The van der Waals surface area contributed by atoms with E-state index in [9.17, 15) is 0 Å². The molecule has 1 aliphatic heterocycles. The molecule has 0 saturated carbocycles.